The Hall–Kier alpha value is -3.18. The van der Waals surface area contributed by atoms with Gasteiger partial charge in [-0.3, -0.25) is 9.59 Å². The summed E-state index contributed by atoms with van der Waals surface area (Å²) in [5, 5.41) is 98.1. The second kappa shape index (κ2) is 13.0. The second-order valence-electron chi connectivity index (χ2n) is 9.66. The number of aliphatic hydroxyl groups excluding tert-OH is 8. The third kappa shape index (κ3) is 5.99. The summed E-state index contributed by atoms with van der Waals surface area (Å²) in [5.41, 5.74) is -0.631. The molecule has 20 heteroatoms. The third-order valence-electron chi connectivity index (χ3n) is 6.79. The predicted octanol–water partition coefficient (Wildman–Crippen LogP) is -5.39. The summed E-state index contributed by atoms with van der Waals surface area (Å²) in [5.74, 6) is -1.44. The van der Waals surface area contributed by atoms with Gasteiger partial charge in [0, 0.05) is 13.8 Å². The molecule has 0 unspecified atom stereocenters. The molecule has 234 valence electrons. The molecule has 8 N–H and O–H groups in total. The highest BCUT2D eigenvalue weighted by Gasteiger charge is 2.48. The van der Waals surface area contributed by atoms with Crippen molar-refractivity contribution in [1.29, 1.82) is 0 Å². The van der Waals surface area contributed by atoms with Crippen LogP contribution in [0.2, 0.25) is 0 Å². The molecule has 2 saturated heterocycles. The van der Waals surface area contributed by atoms with Gasteiger partial charge in [-0.2, -0.15) is 0 Å². The number of esters is 2. The largest absolute Gasteiger partial charge is 0.459 e. The van der Waals surface area contributed by atoms with E-state index >= 15 is 0 Å². The lowest BCUT2D eigenvalue weighted by Gasteiger charge is -2.41. The maximum Gasteiger partial charge on any atom is 0.303 e. The number of aliphatic hydroxyl groups is 8. The fourth-order valence-corrected chi connectivity index (χ4v) is 4.60. The number of carbonyl (C=O) groups excluding carboxylic acids is 2. The molecule has 0 radical (unpaired) electrons. The summed E-state index contributed by atoms with van der Waals surface area (Å²) in [6.07, 6.45) is -16.8. The monoisotopic (exact) mass is 604 g/mol. The number of carbonyl (C=O) groups is 2. The van der Waals surface area contributed by atoms with Crippen LogP contribution in [0.5, 0.6) is 0 Å². The Morgan fingerprint density at radius 3 is 1.33 bits per heavy atom. The number of rotatable bonds is 9. The van der Waals surface area contributed by atoms with Crippen molar-refractivity contribution in [3.05, 3.63) is 11.4 Å². The Morgan fingerprint density at radius 1 is 0.667 bits per heavy atom. The number of ether oxygens (including phenoxy) is 4. The van der Waals surface area contributed by atoms with Crippen LogP contribution in [0.1, 0.15) is 37.7 Å². The van der Waals surface area contributed by atoms with Crippen LogP contribution in [0.15, 0.2) is 0 Å². The van der Waals surface area contributed by atoms with E-state index in [1.807, 2.05) is 0 Å². The van der Waals surface area contributed by atoms with E-state index < -0.39 is 99.7 Å². The third-order valence-corrected chi connectivity index (χ3v) is 6.79. The van der Waals surface area contributed by atoms with Gasteiger partial charge in [0.25, 0.3) is 0 Å². The summed E-state index contributed by atoms with van der Waals surface area (Å²) >= 11 is 0. The lowest BCUT2D eigenvalue weighted by Crippen LogP contribution is -2.57. The first kappa shape index (κ1) is 31.7. The summed E-state index contributed by atoms with van der Waals surface area (Å²) in [7, 11) is 0. The number of nitrogens with zero attached hydrogens (tertiary/aromatic N) is 6. The van der Waals surface area contributed by atoms with Crippen LogP contribution >= 0.6 is 0 Å². The van der Waals surface area contributed by atoms with Crippen molar-refractivity contribution >= 4 is 11.9 Å². The van der Waals surface area contributed by atoms with E-state index in [1.54, 1.807) is 0 Å². The molecule has 2 aromatic rings. The van der Waals surface area contributed by atoms with Gasteiger partial charge in [-0.15, -0.1) is 10.2 Å². The average molecular weight is 605 g/mol. The topological polar surface area (TPSA) is 294 Å². The molecule has 2 aliphatic rings. The molecular weight excluding hydrogens is 572 g/mol. The van der Waals surface area contributed by atoms with Crippen LogP contribution in [0.4, 0.5) is 0 Å². The highest BCUT2D eigenvalue weighted by molar-refractivity contribution is 5.67. The number of hydrogen-bond donors (Lipinski definition) is 8. The molecule has 20 nitrogen and oxygen atoms in total. The van der Waals surface area contributed by atoms with E-state index in [0.717, 1.165) is 23.2 Å². The molecule has 2 aliphatic heterocycles. The molecule has 4 heterocycles. The fourth-order valence-electron chi connectivity index (χ4n) is 4.60. The molecule has 4 rings (SSSR count). The van der Waals surface area contributed by atoms with Crippen molar-refractivity contribution in [1.82, 2.24) is 30.0 Å². The van der Waals surface area contributed by atoms with Gasteiger partial charge in [-0.1, -0.05) is 10.4 Å². The van der Waals surface area contributed by atoms with Crippen LogP contribution in [-0.2, 0) is 41.8 Å². The van der Waals surface area contributed by atoms with Crippen molar-refractivity contribution < 1.29 is 69.4 Å². The number of hydrogen-bond acceptors (Lipinski definition) is 18. The van der Waals surface area contributed by atoms with Crippen LogP contribution < -0.4 is 0 Å². The minimum atomic E-state index is -1.86. The fraction of sp³-hybridized carbons (Fsp3) is 0.727. The first-order chi connectivity index (χ1) is 19.9. The molecule has 0 aromatic carbocycles. The summed E-state index contributed by atoms with van der Waals surface area (Å²) in [6, 6.07) is 0. The zero-order valence-corrected chi connectivity index (χ0v) is 22.3. The minimum Gasteiger partial charge on any atom is -0.459 e. The normalized spacial score (nSPS) is 33.4. The molecule has 0 saturated carbocycles. The highest BCUT2D eigenvalue weighted by Crippen LogP contribution is 2.37. The molecule has 0 bridgehead atoms. The van der Waals surface area contributed by atoms with E-state index in [-0.39, 0.29) is 22.8 Å². The van der Waals surface area contributed by atoms with E-state index in [0.29, 0.717) is 0 Å². The van der Waals surface area contributed by atoms with E-state index in [2.05, 4.69) is 20.6 Å². The van der Waals surface area contributed by atoms with Crippen molar-refractivity contribution in [2.75, 3.05) is 13.2 Å². The van der Waals surface area contributed by atoms with Gasteiger partial charge in [0.15, 0.2) is 12.5 Å². The number of aromatic nitrogens is 6. The van der Waals surface area contributed by atoms with Gasteiger partial charge in [-0.05, 0) is 0 Å². The maximum absolute atomic E-state index is 11.6. The summed E-state index contributed by atoms with van der Waals surface area (Å²) < 4.78 is 23.2. The minimum absolute atomic E-state index is 0.126. The van der Waals surface area contributed by atoms with E-state index in [4.69, 9.17) is 18.9 Å². The van der Waals surface area contributed by atoms with Gasteiger partial charge in [0.05, 0.1) is 13.2 Å². The standard InChI is InChI=1S/C22H32N6O14/c1-7(31)39-5-9-13(27(25-23-9)21-19(37)17(35)15(33)11(3-29)41-21)14-10(6-40-8(2)32)24-26-28(14)22-20(38)18(36)16(34)12(4-30)42-22/h11-12,15-22,29-30,33-38H,3-6H2,1-2H3/t11-,12-,15-,16-,17+,18+,19-,20-,21-,22-/m1/s1. The lowest BCUT2D eigenvalue weighted by molar-refractivity contribution is -0.255. The summed E-state index contributed by atoms with van der Waals surface area (Å²) in [6.45, 7) is -0.368. The van der Waals surface area contributed by atoms with Crippen molar-refractivity contribution in [3.63, 3.8) is 0 Å². The van der Waals surface area contributed by atoms with E-state index in [9.17, 15) is 50.4 Å². The van der Waals surface area contributed by atoms with Crippen LogP contribution in [0.3, 0.4) is 0 Å². The smallest absolute Gasteiger partial charge is 0.303 e. The molecular formula is C22H32N6O14. The van der Waals surface area contributed by atoms with Crippen LogP contribution in [-0.4, -0.2) is 145 Å². The predicted molar refractivity (Wildman–Crippen MR) is 128 cm³/mol. The molecule has 0 spiro atoms. The molecule has 10 atom stereocenters. The molecule has 2 fully saturated rings. The zero-order chi connectivity index (χ0) is 30.9. The van der Waals surface area contributed by atoms with Crippen LogP contribution in [0, 0.1) is 0 Å². The average Bonchev–Trinajstić information content (AvgIpc) is 3.56. The van der Waals surface area contributed by atoms with Gasteiger partial charge >= 0.3 is 11.9 Å². The summed E-state index contributed by atoms with van der Waals surface area (Å²) in [4.78, 5) is 23.3. The highest BCUT2D eigenvalue weighted by atomic mass is 16.6. The molecule has 42 heavy (non-hydrogen) atoms. The Labute approximate surface area is 236 Å². The van der Waals surface area contributed by atoms with Gasteiger partial charge in [0.1, 0.15) is 84.8 Å². The van der Waals surface area contributed by atoms with Gasteiger partial charge in [0.2, 0.25) is 0 Å². The molecule has 0 amide bonds. The van der Waals surface area contributed by atoms with Crippen LogP contribution in [0.25, 0.3) is 11.4 Å². The first-order valence-corrected chi connectivity index (χ1v) is 12.7. The Bertz CT molecular complexity index is 1160. The van der Waals surface area contributed by atoms with Crippen molar-refractivity contribution in [3.8, 4) is 11.4 Å². The first-order valence-electron chi connectivity index (χ1n) is 12.7. The SMILES string of the molecule is CC(=O)OCc1nnn([C@@H]2O[C@H](CO)[C@@H](O)[C@H](O)[C@H]2O)c1-c1c(COC(C)=O)nnn1[C@@H]1O[C@H](CO)[C@@H](O)[C@H](O)[C@H]1O. The Morgan fingerprint density at radius 2 is 1.02 bits per heavy atom. The molecule has 0 aliphatic carbocycles. The second-order valence-corrected chi connectivity index (χ2v) is 9.66. The van der Waals surface area contributed by atoms with Gasteiger partial charge in [-0.25, -0.2) is 9.36 Å². The van der Waals surface area contributed by atoms with Gasteiger partial charge < -0.3 is 59.8 Å². The Kier molecular flexibility index (Phi) is 9.82. The Balaban J connectivity index is 1.92. The van der Waals surface area contributed by atoms with Crippen molar-refractivity contribution in [2.45, 2.75) is 88.3 Å². The zero-order valence-electron chi connectivity index (χ0n) is 22.3. The quantitative estimate of drug-likeness (QED) is 0.124. The van der Waals surface area contributed by atoms with Crippen molar-refractivity contribution in [2.24, 2.45) is 0 Å². The maximum atomic E-state index is 11.6. The lowest BCUT2D eigenvalue weighted by atomic mass is 9.97. The molecule has 2 aromatic heterocycles. The van der Waals surface area contributed by atoms with E-state index in [1.165, 1.54) is 0 Å².